The smallest absolute Gasteiger partial charge is 0.306 e. The molecule has 0 spiro atoms. The fourth-order valence-corrected chi connectivity index (χ4v) is 1.56. The number of hydrogen-bond donors (Lipinski definition) is 1. The highest BCUT2D eigenvalue weighted by Gasteiger charge is 2.16. The Kier molecular flexibility index (Phi) is 4.17. The van der Waals surface area contributed by atoms with Crippen molar-refractivity contribution in [2.75, 3.05) is 0 Å². The topological polar surface area (TPSA) is 37.3 Å². The second-order valence-electron chi connectivity index (χ2n) is 3.51. The van der Waals surface area contributed by atoms with E-state index in [9.17, 15) is 4.79 Å². The van der Waals surface area contributed by atoms with Gasteiger partial charge in [0.2, 0.25) is 0 Å². The van der Waals surface area contributed by atoms with E-state index in [1.54, 1.807) is 0 Å². The first-order chi connectivity index (χ1) is 6.74. The number of aliphatic carboxylic acids is 1. The van der Waals surface area contributed by atoms with Gasteiger partial charge in [0, 0.05) is 0 Å². The maximum absolute atomic E-state index is 10.9. The molecule has 0 saturated carbocycles. The Morgan fingerprint density at radius 1 is 1.36 bits per heavy atom. The summed E-state index contributed by atoms with van der Waals surface area (Å²) < 4.78 is 0. The van der Waals surface area contributed by atoms with Gasteiger partial charge in [-0.25, -0.2) is 0 Å². The molecule has 76 valence electrons. The van der Waals surface area contributed by atoms with Crippen LogP contribution in [0.25, 0.3) is 0 Å². The van der Waals surface area contributed by atoms with Crippen molar-refractivity contribution in [2.24, 2.45) is 5.92 Å². The van der Waals surface area contributed by atoms with Gasteiger partial charge in [0.05, 0.1) is 5.92 Å². The Hall–Kier alpha value is -1.31. The summed E-state index contributed by atoms with van der Waals surface area (Å²) in [5.74, 6) is -0.918. The van der Waals surface area contributed by atoms with Crippen LogP contribution < -0.4 is 0 Å². The fraction of sp³-hybridized carbons (Fsp3) is 0.417. The van der Waals surface area contributed by atoms with Gasteiger partial charge in [-0.15, -0.1) is 0 Å². The number of carboxylic acid groups (broad SMARTS) is 1. The van der Waals surface area contributed by atoms with E-state index in [2.05, 4.69) is 0 Å². The van der Waals surface area contributed by atoms with Crippen molar-refractivity contribution in [1.82, 2.24) is 0 Å². The third-order valence-electron chi connectivity index (χ3n) is 2.31. The normalized spacial score (nSPS) is 12.4. The highest BCUT2D eigenvalue weighted by atomic mass is 16.4. The van der Waals surface area contributed by atoms with Crippen LogP contribution in [0.5, 0.6) is 0 Å². The molecule has 0 aliphatic rings. The average molecular weight is 192 g/mol. The monoisotopic (exact) mass is 192 g/mol. The van der Waals surface area contributed by atoms with Crippen molar-refractivity contribution >= 4 is 5.97 Å². The molecular weight excluding hydrogens is 176 g/mol. The van der Waals surface area contributed by atoms with Crippen molar-refractivity contribution in [1.29, 1.82) is 0 Å². The molecule has 0 heterocycles. The van der Waals surface area contributed by atoms with E-state index in [-0.39, 0.29) is 5.92 Å². The molecule has 2 nitrogen and oxygen atoms in total. The van der Waals surface area contributed by atoms with Crippen LogP contribution in [0, 0.1) is 5.92 Å². The lowest BCUT2D eigenvalue weighted by Gasteiger charge is -2.10. The van der Waals surface area contributed by atoms with E-state index in [1.807, 2.05) is 37.3 Å². The Morgan fingerprint density at radius 3 is 2.50 bits per heavy atom. The van der Waals surface area contributed by atoms with Crippen LogP contribution in [0.4, 0.5) is 0 Å². The Labute approximate surface area is 84.6 Å². The number of rotatable bonds is 5. The van der Waals surface area contributed by atoms with Gasteiger partial charge in [0.1, 0.15) is 0 Å². The zero-order valence-electron chi connectivity index (χ0n) is 8.44. The van der Waals surface area contributed by atoms with Crippen LogP contribution >= 0.6 is 0 Å². The Bertz CT molecular complexity index is 280. The lowest BCUT2D eigenvalue weighted by atomic mass is 9.95. The SMILES string of the molecule is CCCC(Cc1ccccc1)C(=O)O. The van der Waals surface area contributed by atoms with E-state index in [0.717, 1.165) is 18.4 Å². The van der Waals surface area contributed by atoms with Crippen LogP contribution in [0.15, 0.2) is 30.3 Å². The van der Waals surface area contributed by atoms with E-state index < -0.39 is 5.97 Å². The lowest BCUT2D eigenvalue weighted by molar-refractivity contribution is -0.141. The molecule has 1 rings (SSSR count). The van der Waals surface area contributed by atoms with Crippen LogP contribution in [0.2, 0.25) is 0 Å². The maximum atomic E-state index is 10.9. The van der Waals surface area contributed by atoms with Crippen LogP contribution in [-0.4, -0.2) is 11.1 Å². The molecule has 0 amide bonds. The van der Waals surface area contributed by atoms with Crippen LogP contribution in [0.3, 0.4) is 0 Å². The highest BCUT2D eigenvalue weighted by Crippen LogP contribution is 2.14. The molecule has 2 heteroatoms. The Balaban J connectivity index is 2.60. The van der Waals surface area contributed by atoms with Gasteiger partial charge in [-0.05, 0) is 18.4 Å². The molecule has 0 aliphatic heterocycles. The van der Waals surface area contributed by atoms with Crippen molar-refractivity contribution in [2.45, 2.75) is 26.2 Å². The van der Waals surface area contributed by atoms with Gasteiger partial charge >= 0.3 is 5.97 Å². The molecule has 0 bridgehead atoms. The number of carboxylic acids is 1. The zero-order chi connectivity index (χ0) is 10.4. The summed E-state index contributed by atoms with van der Waals surface area (Å²) in [5, 5.41) is 8.97. The van der Waals surface area contributed by atoms with Crippen LogP contribution in [0.1, 0.15) is 25.3 Å². The second kappa shape index (κ2) is 5.43. The summed E-state index contributed by atoms with van der Waals surface area (Å²) in [6.45, 7) is 2.01. The molecule has 1 aromatic rings. The predicted octanol–water partition coefficient (Wildman–Crippen LogP) is 2.73. The summed E-state index contributed by atoms with van der Waals surface area (Å²) >= 11 is 0. The molecule has 0 fully saturated rings. The van der Waals surface area contributed by atoms with Gasteiger partial charge in [-0.3, -0.25) is 4.79 Å². The summed E-state index contributed by atoms with van der Waals surface area (Å²) in [5.41, 5.74) is 1.10. The van der Waals surface area contributed by atoms with Crippen molar-refractivity contribution in [3.8, 4) is 0 Å². The Morgan fingerprint density at radius 2 is 2.00 bits per heavy atom. The predicted molar refractivity (Wildman–Crippen MR) is 56.2 cm³/mol. The largest absolute Gasteiger partial charge is 0.481 e. The summed E-state index contributed by atoms with van der Waals surface area (Å²) in [7, 11) is 0. The summed E-state index contributed by atoms with van der Waals surface area (Å²) in [4.78, 5) is 10.9. The maximum Gasteiger partial charge on any atom is 0.306 e. The van der Waals surface area contributed by atoms with Gasteiger partial charge in [0.15, 0.2) is 0 Å². The van der Waals surface area contributed by atoms with E-state index >= 15 is 0 Å². The molecular formula is C12H16O2. The minimum Gasteiger partial charge on any atom is -0.481 e. The molecule has 0 radical (unpaired) electrons. The molecule has 1 atom stereocenters. The van der Waals surface area contributed by atoms with Gasteiger partial charge in [-0.2, -0.15) is 0 Å². The number of benzene rings is 1. The summed E-state index contributed by atoms with van der Waals surface area (Å²) in [6, 6.07) is 9.79. The third-order valence-corrected chi connectivity index (χ3v) is 2.31. The summed E-state index contributed by atoms with van der Waals surface area (Å²) in [6.07, 6.45) is 2.32. The molecule has 14 heavy (non-hydrogen) atoms. The van der Waals surface area contributed by atoms with Gasteiger partial charge in [-0.1, -0.05) is 43.7 Å². The standard InChI is InChI=1S/C12H16O2/c1-2-6-11(12(13)14)9-10-7-4-3-5-8-10/h3-5,7-8,11H,2,6,9H2,1H3,(H,13,14). The first-order valence-corrected chi connectivity index (χ1v) is 5.00. The number of carbonyl (C=O) groups is 1. The second-order valence-corrected chi connectivity index (χ2v) is 3.51. The highest BCUT2D eigenvalue weighted by molar-refractivity contribution is 5.70. The zero-order valence-corrected chi connectivity index (χ0v) is 8.44. The van der Waals surface area contributed by atoms with E-state index in [4.69, 9.17) is 5.11 Å². The molecule has 0 aliphatic carbocycles. The van der Waals surface area contributed by atoms with E-state index in [1.165, 1.54) is 0 Å². The van der Waals surface area contributed by atoms with Crippen molar-refractivity contribution < 1.29 is 9.90 Å². The molecule has 1 N–H and O–H groups in total. The third kappa shape index (κ3) is 3.21. The van der Waals surface area contributed by atoms with E-state index in [0.29, 0.717) is 6.42 Å². The number of hydrogen-bond acceptors (Lipinski definition) is 1. The van der Waals surface area contributed by atoms with Crippen LogP contribution in [-0.2, 0) is 11.2 Å². The first-order valence-electron chi connectivity index (χ1n) is 5.00. The lowest BCUT2D eigenvalue weighted by Crippen LogP contribution is -2.16. The van der Waals surface area contributed by atoms with Crippen molar-refractivity contribution in [3.63, 3.8) is 0 Å². The van der Waals surface area contributed by atoms with Gasteiger partial charge in [0.25, 0.3) is 0 Å². The molecule has 1 aromatic carbocycles. The first kappa shape index (κ1) is 10.8. The molecule has 0 saturated heterocycles. The minimum absolute atomic E-state index is 0.234. The van der Waals surface area contributed by atoms with Crippen molar-refractivity contribution in [3.05, 3.63) is 35.9 Å². The average Bonchev–Trinajstić information content (AvgIpc) is 2.18. The molecule has 0 aromatic heterocycles. The minimum atomic E-state index is -0.685. The fourth-order valence-electron chi connectivity index (χ4n) is 1.56. The van der Waals surface area contributed by atoms with Gasteiger partial charge < -0.3 is 5.11 Å². The molecule has 1 unspecified atom stereocenters. The quantitative estimate of drug-likeness (QED) is 0.778.